The lowest BCUT2D eigenvalue weighted by Crippen LogP contribution is -2.33. The number of ether oxygens (including phenoxy) is 2. The molecule has 0 saturated heterocycles. The summed E-state index contributed by atoms with van der Waals surface area (Å²) in [6.07, 6.45) is 3.81. The van der Waals surface area contributed by atoms with Crippen LogP contribution in [0.25, 0.3) is 0 Å². The molecule has 1 aromatic carbocycles. The summed E-state index contributed by atoms with van der Waals surface area (Å²) >= 11 is 3.33. The molecule has 1 aliphatic carbocycles. The Morgan fingerprint density at radius 1 is 1.28 bits per heavy atom. The predicted molar refractivity (Wildman–Crippen MR) is 73.2 cm³/mol. The van der Waals surface area contributed by atoms with Crippen molar-refractivity contribution in [3.05, 3.63) is 16.1 Å². The van der Waals surface area contributed by atoms with E-state index in [-0.39, 0.29) is 5.75 Å². The largest absolute Gasteiger partial charge is 0.506 e. The van der Waals surface area contributed by atoms with E-state index in [4.69, 9.17) is 15.2 Å². The highest BCUT2D eigenvalue weighted by atomic mass is 79.9. The van der Waals surface area contributed by atoms with Crippen molar-refractivity contribution in [2.75, 3.05) is 14.2 Å². The number of phenolic OH excluding ortho intramolecular Hbond substituents is 1. The average molecular weight is 316 g/mol. The summed E-state index contributed by atoms with van der Waals surface area (Å²) in [6, 6.07) is 1.69. The van der Waals surface area contributed by atoms with Crippen LogP contribution in [-0.4, -0.2) is 19.3 Å². The van der Waals surface area contributed by atoms with Crippen LogP contribution < -0.4 is 15.2 Å². The van der Waals surface area contributed by atoms with Gasteiger partial charge in [0.15, 0.2) is 11.5 Å². The molecule has 1 aromatic rings. The van der Waals surface area contributed by atoms with Crippen LogP contribution in [0.2, 0.25) is 0 Å². The van der Waals surface area contributed by atoms with E-state index in [2.05, 4.69) is 15.9 Å². The van der Waals surface area contributed by atoms with Crippen molar-refractivity contribution < 1.29 is 14.6 Å². The summed E-state index contributed by atoms with van der Waals surface area (Å²) in [5.74, 6) is 1.26. The molecule has 2 rings (SSSR count). The third kappa shape index (κ3) is 2.06. The number of rotatable bonds is 3. The van der Waals surface area contributed by atoms with Crippen LogP contribution in [0.1, 0.15) is 31.2 Å². The van der Waals surface area contributed by atoms with Gasteiger partial charge >= 0.3 is 0 Å². The van der Waals surface area contributed by atoms with E-state index in [1.54, 1.807) is 20.3 Å². The second kappa shape index (κ2) is 4.97. The average Bonchev–Trinajstić information content (AvgIpc) is 2.79. The Bertz CT molecular complexity index is 456. The highest BCUT2D eigenvalue weighted by molar-refractivity contribution is 9.10. The Labute approximate surface area is 115 Å². The van der Waals surface area contributed by atoms with Gasteiger partial charge in [-0.3, -0.25) is 0 Å². The van der Waals surface area contributed by atoms with Crippen LogP contribution in [0.4, 0.5) is 0 Å². The molecular weight excluding hydrogens is 298 g/mol. The van der Waals surface area contributed by atoms with Gasteiger partial charge in [-0.2, -0.15) is 0 Å². The molecule has 0 bridgehead atoms. The maximum atomic E-state index is 10.3. The maximum absolute atomic E-state index is 10.3. The van der Waals surface area contributed by atoms with Gasteiger partial charge in [0, 0.05) is 11.6 Å². The molecule has 1 saturated carbocycles. The molecule has 0 unspecified atom stereocenters. The van der Waals surface area contributed by atoms with Crippen LogP contribution in [0, 0.1) is 0 Å². The van der Waals surface area contributed by atoms with Crippen molar-refractivity contribution in [2.45, 2.75) is 31.2 Å². The molecule has 1 fully saturated rings. The topological polar surface area (TPSA) is 64.7 Å². The Morgan fingerprint density at radius 3 is 2.39 bits per heavy atom. The SMILES string of the molecule is COc1cc(Br)c(O)c(C2(N)CCCC2)c1OC. The first kappa shape index (κ1) is 13.5. The minimum Gasteiger partial charge on any atom is -0.506 e. The molecule has 18 heavy (non-hydrogen) atoms. The molecule has 5 heteroatoms. The van der Waals surface area contributed by atoms with Crippen molar-refractivity contribution >= 4 is 15.9 Å². The fraction of sp³-hybridized carbons (Fsp3) is 0.538. The van der Waals surface area contributed by atoms with Gasteiger partial charge in [0.2, 0.25) is 0 Å². The summed E-state index contributed by atoms with van der Waals surface area (Å²) in [7, 11) is 3.13. The van der Waals surface area contributed by atoms with Gasteiger partial charge in [0.25, 0.3) is 0 Å². The molecule has 3 N–H and O–H groups in total. The molecule has 0 atom stereocenters. The number of methoxy groups -OCH3 is 2. The third-order valence-corrected chi connectivity index (χ3v) is 4.19. The van der Waals surface area contributed by atoms with E-state index >= 15 is 0 Å². The molecule has 0 heterocycles. The summed E-state index contributed by atoms with van der Waals surface area (Å²) in [5.41, 5.74) is 6.55. The van der Waals surface area contributed by atoms with Crippen LogP contribution in [0.15, 0.2) is 10.5 Å². The number of hydrogen-bond acceptors (Lipinski definition) is 4. The zero-order valence-corrected chi connectivity index (χ0v) is 12.2. The fourth-order valence-corrected chi connectivity index (χ4v) is 3.08. The minimum atomic E-state index is -0.535. The zero-order chi connectivity index (χ0) is 13.3. The van der Waals surface area contributed by atoms with Gasteiger partial charge in [0.1, 0.15) is 5.75 Å². The third-order valence-electron chi connectivity index (χ3n) is 3.59. The Kier molecular flexibility index (Phi) is 3.73. The van der Waals surface area contributed by atoms with Gasteiger partial charge in [-0.25, -0.2) is 0 Å². The van der Waals surface area contributed by atoms with Crippen LogP contribution >= 0.6 is 15.9 Å². The summed E-state index contributed by atoms with van der Waals surface area (Å²) in [4.78, 5) is 0. The number of nitrogens with two attached hydrogens (primary N) is 1. The van der Waals surface area contributed by atoms with Crippen LogP contribution in [0.3, 0.4) is 0 Å². The molecule has 0 aliphatic heterocycles. The van der Waals surface area contributed by atoms with E-state index in [0.717, 1.165) is 25.7 Å². The lowest BCUT2D eigenvalue weighted by Gasteiger charge is -2.28. The molecule has 1 aliphatic rings. The molecule has 0 spiro atoms. The first-order valence-electron chi connectivity index (χ1n) is 5.96. The highest BCUT2D eigenvalue weighted by Crippen LogP contribution is 2.51. The van der Waals surface area contributed by atoms with E-state index in [1.807, 2.05) is 0 Å². The lowest BCUT2D eigenvalue weighted by molar-refractivity contribution is 0.326. The van der Waals surface area contributed by atoms with Gasteiger partial charge in [-0.05, 0) is 28.8 Å². The van der Waals surface area contributed by atoms with Crippen molar-refractivity contribution in [2.24, 2.45) is 5.73 Å². The molecular formula is C13H18BrNO3. The van der Waals surface area contributed by atoms with E-state index in [1.165, 1.54) is 0 Å². The molecule has 0 aromatic heterocycles. The predicted octanol–water partition coefficient (Wildman–Crippen LogP) is 2.90. The van der Waals surface area contributed by atoms with Crippen LogP contribution in [0.5, 0.6) is 17.2 Å². The van der Waals surface area contributed by atoms with Crippen molar-refractivity contribution in [3.8, 4) is 17.2 Å². The number of aromatic hydroxyl groups is 1. The lowest BCUT2D eigenvalue weighted by atomic mass is 9.87. The van der Waals surface area contributed by atoms with Crippen molar-refractivity contribution in [3.63, 3.8) is 0 Å². The monoisotopic (exact) mass is 315 g/mol. The van der Waals surface area contributed by atoms with Crippen LogP contribution in [-0.2, 0) is 5.54 Å². The summed E-state index contributed by atoms with van der Waals surface area (Å²) in [6.45, 7) is 0. The number of hydrogen-bond donors (Lipinski definition) is 2. The number of benzene rings is 1. The first-order valence-corrected chi connectivity index (χ1v) is 6.75. The number of phenols is 1. The molecule has 0 amide bonds. The van der Waals surface area contributed by atoms with E-state index in [9.17, 15) is 5.11 Å². The standard InChI is InChI=1S/C13H18BrNO3/c1-17-9-7-8(14)11(16)10(12(9)18-2)13(15)5-3-4-6-13/h7,16H,3-6,15H2,1-2H3. The van der Waals surface area contributed by atoms with E-state index < -0.39 is 5.54 Å². The van der Waals surface area contributed by atoms with Crippen molar-refractivity contribution in [1.82, 2.24) is 0 Å². The van der Waals surface area contributed by atoms with Gasteiger partial charge in [-0.15, -0.1) is 0 Å². The zero-order valence-electron chi connectivity index (χ0n) is 10.6. The molecule has 0 radical (unpaired) electrons. The summed E-state index contributed by atoms with van der Waals surface area (Å²) < 4.78 is 11.3. The quantitative estimate of drug-likeness (QED) is 0.900. The molecule has 4 nitrogen and oxygen atoms in total. The Hall–Kier alpha value is -0.940. The van der Waals surface area contributed by atoms with Crippen molar-refractivity contribution in [1.29, 1.82) is 0 Å². The van der Waals surface area contributed by atoms with Gasteiger partial charge in [0.05, 0.1) is 24.3 Å². The first-order chi connectivity index (χ1) is 8.53. The highest BCUT2D eigenvalue weighted by Gasteiger charge is 2.38. The summed E-state index contributed by atoms with van der Waals surface area (Å²) in [5, 5.41) is 10.3. The normalized spacial score (nSPS) is 17.8. The fourth-order valence-electron chi connectivity index (χ4n) is 2.67. The Balaban J connectivity index is 2.66. The Morgan fingerprint density at radius 2 is 1.89 bits per heavy atom. The minimum absolute atomic E-state index is 0.150. The maximum Gasteiger partial charge on any atom is 0.169 e. The second-order valence-electron chi connectivity index (χ2n) is 4.68. The van der Waals surface area contributed by atoms with E-state index in [0.29, 0.717) is 21.5 Å². The smallest absolute Gasteiger partial charge is 0.169 e. The second-order valence-corrected chi connectivity index (χ2v) is 5.54. The van der Waals surface area contributed by atoms with Gasteiger partial charge < -0.3 is 20.3 Å². The van der Waals surface area contributed by atoms with Gasteiger partial charge in [-0.1, -0.05) is 12.8 Å². The number of halogens is 1. The molecule has 100 valence electrons.